The number of hydrogen-bond acceptors (Lipinski definition) is 5. The Morgan fingerprint density at radius 1 is 0.909 bits per heavy atom. The zero-order valence-electron chi connectivity index (χ0n) is 17.1. The second kappa shape index (κ2) is 10.8. The summed E-state index contributed by atoms with van der Waals surface area (Å²) in [4.78, 5) is 29.0. The first kappa shape index (κ1) is 23.3. The number of nitrogens with one attached hydrogen (secondary N) is 2. The quantitative estimate of drug-likeness (QED) is 0.386. The standard InChI is InChI=1S/C23H19F3N4O3/c24-23(25,26)17-8-7-9-18(14-17)28-21(31)15-27-33-16-22(32)29-30(19-10-3-1-4-11-19)20-12-5-2-6-13-20/h1-15H,16H2,(H,28,31)(H,29,32)/b27-15+. The van der Waals surface area contributed by atoms with Crippen LogP contribution in [0.2, 0.25) is 0 Å². The van der Waals surface area contributed by atoms with Crippen molar-refractivity contribution in [3.8, 4) is 0 Å². The van der Waals surface area contributed by atoms with Gasteiger partial charge in [0.1, 0.15) is 6.21 Å². The number of hydrazine groups is 1. The molecule has 2 N–H and O–H groups in total. The van der Waals surface area contributed by atoms with E-state index in [1.807, 2.05) is 60.7 Å². The van der Waals surface area contributed by atoms with Crippen LogP contribution >= 0.6 is 0 Å². The number of benzene rings is 3. The fourth-order valence-electron chi connectivity index (χ4n) is 2.72. The average molecular weight is 456 g/mol. The van der Waals surface area contributed by atoms with Gasteiger partial charge in [0.25, 0.3) is 11.8 Å². The molecule has 0 spiro atoms. The molecule has 7 nitrogen and oxygen atoms in total. The van der Waals surface area contributed by atoms with Gasteiger partial charge in [-0.25, -0.2) is 0 Å². The largest absolute Gasteiger partial charge is 0.416 e. The van der Waals surface area contributed by atoms with Crippen molar-refractivity contribution in [3.05, 3.63) is 90.5 Å². The van der Waals surface area contributed by atoms with Crippen molar-refractivity contribution in [2.75, 3.05) is 16.9 Å². The molecule has 3 aromatic carbocycles. The molecule has 170 valence electrons. The minimum Gasteiger partial charge on any atom is -0.385 e. The minimum atomic E-state index is -4.53. The summed E-state index contributed by atoms with van der Waals surface area (Å²) >= 11 is 0. The molecular weight excluding hydrogens is 437 g/mol. The molecule has 0 aliphatic carbocycles. The molecule has 0 aromatic heterocycles. The second-order valence-corrected chi connectivity index (χ2v) is 6.62. The van der Waals surface area contributed by atoms with Crippen molar-refractivity contribution < 1.29 is 27.6 Å². The van der Waals surface area contributed by atoms with Crippen molar-refractivity contribution in [2.45, 2.75) is 6.18 Å². The highest BCUT2D eigenvalue weighted by atomic mass is 19.4. The van der Waals surface area contributed by atoms with E-state index >= 15 is 0 Å². The topological polar surface area (TPSA) is 83.0 Å². The first-order chi connectivity index (χ1) is 15.8. The van der Waals surface area contributed by atoms with Gasteiger partial charge in [-0.15, -0.1) is 0 Å². The van der Waals surface area contributed by atoms with Gasteiger partial charge in [-0.1, -0.05) is 47.6 Å². The van der Waals surface area contributed by atoms with Crippen molar-refractivity contribution in [1.82, 2.24) is 5.43 Å². The number of carbonyl (C=O) groups is 2. The van der Waals surface area contributed by atoms with Crippen LogP contribution in [0.15, 0.2) is 90.1 Å². The van der Waals surface area contributed by atoms with Gasteiger partial charge in [0, 0.05) is 5.69 Å². The van der Waals surface area contributed by atoms with Crippen LogP contribution in [0.1, 0.15) is 5.56 Å². The van der Waals surface area contributed by atoms with Crippen molar-refractivity contribution in [1.29, 1.82) is 0 Å². The Balaban J connectivity index is 1.53. The molecule has 0 atom stereocenters. The summed E-state index contributed by atoms with van der Waals surface area (Å²) < 4.78 is 38.2. The third-order valence-corrected chi connectivity index (χ3v) is 4.16. The zero-order valence-corrected chi connectivity index (χ0v) is 17.1. The maximum atomic E-state index is 12.7. The monoisotopic (exact) mass is 456 g/mol. The molecule has 0 bridgehead atoms. The van der Waals surface area contributed by atoms with Crippen LogP contribution in [-0.2, 0) is 20.6 Å². The molecule has 0 saturated heterocycles. The fourth-order valence-corrected chi connectivity index (χ4v) is 2.72. The summed E-state index contributed by atoms with van der Waals surface area (Å²) in [5, 5.41) is 7.20. The number of rotatable bonds is 8. The number of alkyl halides is 3. The van der Waals surface area contributed by atoms with Gasteiger partial charge in [-0.2, -0.15) is 13.2 Å². The van der Waals surface area contributed by atoms with Crippen LogP contribution in [0.5, 0.6) is 0 Å². The van der Waals surface area contributed by atoms with E-state index in [9.17, 15) is 22.8 Å². The molecule has 0 fully saturated rings. The van der Waals surface area contributed by atoms with Crippen molar-refractivity contribution in [3.63, 3.8) is 0 Å². The third kappa shape index (κ3) is 7.10. The maximum Gasteiger partial charge on any atom is 0.416 e. The van der Waals surface area contributed by atoms with Crippen LogP contribution in [0.4, 0.5) is 30.2 Å². The molecule has 0 unspecified atom stereocenters. The summed E-state index contributed by atoms with van der Waals surface area (Å²) in [6.07, 6.45) is -3.81. The Morgan fingerprint density at radius 3 is 2.09 bits per heavy atom. The summed E-state index contributed by atoms with van der Waals surface area (Å²) in [6.45, 7) is -0.497. The molecule has 3 rings (SSSR count). The van der Waals surface area contributed by atoms with Crippen LogP contribution in [0.25, 0.3) is 0 Å². The first-order valence-electron chi connectivity index (χ1n) is 9.66. The molecule has 3 aromatic rings. The predicted octanol–water partition coefficient (Wildman–Crippen LogP) is 4.52. The Bertz CT molecular complexity index is 1070. The van der Waals surface area contributed by atoms with E-state index in [1.54, 1.807) is 5.01 Å². The Labute approximate surface area is 187 Å². The molecule has 10 heteroatoms. The lowest BCUT2D eigenvalue weighted by Gasteiger charge is -2.25. The Morgan fingerprint density at radius 2 is 1.52 bits per heavy atom. The number of oxime groups is 1. The maximum absolute atomic E-state index is 12.7. The number of amides is 2. The van der Waals surface area contributed by atoms with Gasteiger partial charge >= 0.3 is 6.18 Å². The molecule has 0 saturated carbocycles. The third-order valence-electron chi connectivity index (χ3n) is 4.16. The molecule has 0 radical (unpaired) electrons. The van der Waals surface area contributed by atoms with Crippen LogP contribution in [0, 0.1) is 0 Å². The fraction of sp³-hybridized carbons (Fsp3) is 0.0870. The molecule has 0 aliphatic rings. The highest BCUT2D eigenvalue weighted by molar-refractivity contribution is 6.31. The van der Waals surface area contributed by atoms with Gasteiger partial charge in [0.2, 0.25) is 0 Å². The molecule has 0 aliphatic heterocycles. The number of anilines is 3. The van der Waals surface area contributed by atoms with E-state index in [2.05, 4.69) is 15.9 Å². The lowest BCUT2D eigenvalue weighted by atomic mass is 10.2. The van der Waals surface area contributed by atoms with Gasteiger partial charge in [-0.05, 0) is 42.5 Å². The number of halogens is 3. The summed E-state index contributed by atoms with van der Waals surface area (Å²) in [6, 6.07) is 22.4. The molecule has 33 heavy (non-hydrogen) atoms. The van der Waals surface area contributed by atoms with Crippen LogP contribution < -0.4 is 15.8 Å². The summed E-state index contributed by atoms with van der Waals surface area (Å²) in [5.41, 5.74) is 3.15. The Hall–Kier alpha value is -4.34. The normalized spacial score (nSPS) is 11.1. The number of nitrogens with zero attached hydrogens (tertiary/aromatic N) is 2. The van der Waals surface area contributed by atoms with Crippen LogP contribution in [0.3, 0.4) is 0 Å². The predicted molar refractivity (Wildman–Crippen MR) is 118 cm³/mol. The SMILES string of the molecule is O=C(/C=N/OCC(=O)NN(c1ccccc1)c1ccccc1)Nc1cccc(C(F)(F)F)c1. The van der Waals surface area contributed by atoms with E-state index in [-0.39, 0.29) is 5.69 Å². The highest BCUT2D eigenvalue weighted by Crippen LogP contribution is 2.30. The van der Waals surface area contributed by atoms with Gasteiger partial charge < -0.3 is 10.2 Å². The Kier molecular flexibility index (Phi) is 7.64. The van der Waals surface area contributed by atoms with Crippen molar-refractivity contribution in [2.24, 2.45) is 5.16 Å². The zero-order chi connectivity index (χ0) is 23.7. The minimum absolute atomic E-state index is 0.0552. The molecule has 2 amide bonds. The summed E-state index contributed by atoms with van der Waals surface area (Å²) in [5.74, 6) is -1.36. The summed E-state index contributed by atoms with van der Waals surface area (Å²) in [7, 11) is 0. The van der Waals surface area contributed by atoms with Gasteiger partial charge in [0.05, 0.1) is 16.9 Å². The smallest absolute Gasteiger partial charge is 0.385 e. The first-order valence-corrected chi connectivity index (χ1v) is 9.66. The lowest BCUT2D eigenvalue weighted by molar-refractivity contribution is -0.137. The average Bonchev–Trinajstić information content (AvgIpc) is 2.81. The molecule has 0 heterocycles. The van der Waals surface area contributed by atoms with Crippen LogP contribution in [-0.4, -0.2) is 24.6 Å². The van der Waals surface area contributed by atoms with Crippen molar-refractivity contribution >= 4 is 35.1 Å². The second-order valence-electron chi connectivity index (χ2n) is 6.62. The number of hydrogen-bond donors (Lipinski definition) is 2. The number of carbonyl (C=O) groups excluding carboxylic acids is 2. The van der Waals surface area contributed by atoms with E-state index in [0.717, 1.165) is 18.3 Å². The van der Waals surface area contributed by atoms with E-state index < -0.39 is 30.2 Å². The van der Waals surface area contributed by atoms with Gasteiger partial charge in [-0.3, -0.25) is 20.0 Å². The van der Waals surface area contributed by atoms with E-state index in [4.69, 9.17) is 4.84 Å². The highest BCUT2D eigenvalue weighted by Gasteiger charge is 2.30. The van der Waals surface area contributed by atoms with Gasteiger partial charge in [0.15, 0.2) is 6.61 Å². The van der Waals surface area contributed by atoms with E-state index in [0.29, 0.717) is 11.4 Å². The number of para-hydroxylation sites is 2. The van der Waals surface area contributed by atoms with E-state index in [1.165, 1.54) is 12.1 Å². The molecular formula is C23H19F3N4O3. The lowest BCUT2D eigenvalue weighted by Crippen LogP contribution is -2.40.